The second-order valence-electron chi connectivity index (χ2n) is 4.27. The van der Waals surface area contributed by atoms with Crippen molar-refractivity contribution < 1.29 is 20.4 Å². The third-order valence-corrected chi connectivity index (χ3v) is 2.08. The van der Waals surface area contributed by atoms with Gasteiger partial charge in [0.05, 0.1) is 11.2 Å². The third-order valence-electron chi connectivity index (χ3n) is 2.08. The van der Waals surface area contributed by atoms with Crippen LogP contribution < -0.4 is 0 Å². The van der Waals surface area contributed by atoms with Crippen LogP contribution in [0.1, 0.15) is 26.7 Å². The van der Waals surface area contributed by atoms with Gasteiger partial charge in [0.25, 0.3) is 0 Å². The lowest BCUT2D eigenvalue weighted by Crippen LogP contribution is -2.28. The zero-order valence-electron chi connectivity index (χ0n) is 9.93. The zero-order chi connectivity index (χ0) is 12.7. The first kappa shape index (κ1) is 15.3. The Hall–Kier alpha value is -0.680. The molecule has 0 bridgehead atoms. The van der Waals surface area contributed by atoms with E-state index in [1.165, 1.54) is 0 Å². The highest BCUT2D eigenvalue weighted by Crippen LogP contribution is 2.20. The molecule has 0 amide bonds. The quantitative estimate of drug-likeness (QED) is 0.417. The van der Waals surface area contributed by atoms with Crippen LogP contribution >= 0.6 is 0 Å². The molecule has 0 fully saturated rings. The molecule has 0 saturated carbocycles. The average molecular weight is 230 g/mol. The summed E-state index contributed by atoms with van der Waals surface area (Å²) in [5.41, 5.74) is -1.77. The van der Waals surface area contributed by atoms with Gasteiger partial charge < -0.3 is 20.4 Å². The van der Waals surface area contributed by atoms with E-state index in [1.807, 2.05) is 0 Å². The minimum atomic E-state index is -0.887. The van der Waals surface area contributed by atoms with Crippen LogP contribution in [0.25, 0.3) is 0 Å². The van der Waals surface area contributed by atoms with E-state index in [4.69, 9.17) is 10.2 Å². The highest BCUT2D eigenvalue weighted by atomic mass is 16.3. The van der Waals surface area contributed by atoms with Crippen molar-refractivity contribution in [1.82, 2.24) is 0 Å². The van der Waals surface area contributed by atoms with Gasteiger partial charge in [-0.3, -0.25) is 0 Å². The maximum absolute atomic E-state index is 9.32. The highest BCUT2D eigenvalue weighted by molar-refractivity contribution is 5.26. The Morgan fingerprint density at radius 1 is 0.750 bits per heavy atom. The van der Waals surface area contributed by atoms with E-state index in [2.05, 4.69) is 0 Å². The van der Waals surface area contributed by atoms with Crippen LogP contribution in [-0.4, -0.2) is 44.8 Å². The molecule has 4 nitrogen and oxygen atoms in total. The van der Waals surface area contributed by atoms with Gasteiger partial charge in [-0.1, -0.05) is 24.3 Å². The van der Waals surface area contributed by atoms with Crippen molar-refractivity contribution >= 4 is 0 Å². The van der Waals surface area contributed by atoms with E-state index in [0.29, 0.717) is 0 Å². The first-order valence-corrected chi connectivity index (χ1v) is 5.40. The van der Waals surface area contributed by atoms with E-state index in [0.717, 1.165) is 12.8 Å². The van der Waals surface area contributed by atoms with Gasteiger partial charge in [-0.25, -0.2) is 0 Å². The summed E-state index contributed by atoms with van der Waals surface area (Å²) in [6.45, 7) is 3.71. The van der Waals surface area contributed by atoms with Crippen molar-refractivity contribution in [2.24, 2.45) is 0 Å². The molecular formula is C12H22O4. The maximum atomic E-state index is 9.32. The fraction of sp³-hybridized carbons (Fsp3) is 0.667. The van der Waals surface area contributed by atoms with Gasteiger partial charge >= 0.3 is 0 Å². The predicted molar refractivity (Wildman–Crippen MR) is 62.9 cm³/mol. The lowest BCUT2D eigenvalue weighted by atomic mass is 9.92. The van der Waals surface area contributed by atoms with Crippen molar-refractivity contribution in [3.63, 3.8) is 0 Å². The minimum Gasteiger partial charge on any atom is -0.396 e. The van der Waals surface area contributed by atoms with E-state index >= 15 is 0 Å². The number of hydrogen-bond acceptors (Lipinski definition) is 4. The average Bonchev–Trinajstić information content (AvgIpc) is 2.21. The molecule has 4 N–H and O–H groups in total. The van der Waals surface area contributed by atoms with Gasteiger partial charge in [0, 0.05) is 13.2 Å². The standard InChI is InChI=1S/C8H12O2.C4H10O2/c1-7(9)3-5-8(2,10)6-4-7;5-3-1-2-4-6/h3-6,9-10H,1-2H3;5-6H,1-4H2. The summed E-state index contributed by atoms with van der Waals surface area (Å²) in [5.74, 6) is 0. The van der Waals surface area contributed by atoms with Crippen LogP contribution in [0.3, 0.4) is 0 Å². The predicted octanol–water partition coefficient (Wildman–Crippen LogP) is 0.366. The largest absolute Gasteiger partial charge is 0.396 e. The van der Waals surface area contributed by atoms with Gasteiger partial charge in [0.1, 0.15) is 0 Å². The summed E-state index contributed by atoms with van der Waals surface area (Å²) in [6, 6.07) is 0. The Morgan fingerprint density at radius 2 is 1.00 bits per heavy atom. The van der Waals surface area contributed by atoms with Crippen LogP contribution in [0.5, 0.6) is 0 Å². The van der Waals surface area contributed by atoms with Gasteiger partial charge in [-0.2, -0.15) is 0 Å². The summed E-state index contributed by atoms with van der Waals surface area (Å²) in [6.07, 6.45) is 7.74. The molecule has 0 radical (unpaired) electrons. The first-order valence-electron chi connectivity index (χ1n) is 5.40. The molecule has 0 saturated heterocycles. The SMILES string of the molecule is CC1(O)C=CC(C)(O)C=C1.OCCCCO. The van der Waals surface area contributed by atoms with Gasteiger partial charge in [-0.05, 0) is 26.7 Å². The number of aliphatic hydroxyl groups excluding tert-OH is 2. The van der Waals surface area contributed by atoms with Crippen LogP contribution in [0, 0.1) is 0 Å². The molecule has 0 aromatic carbocycles. The second kappa shape index (κ2) is 6.81. The molecule has 0 aliphatic heterocycles. The van der Waals surface area contributed by atoms with Crippen molar-refractivity contribution in [2.75, 3.05) is 13.2 Å². The Morgan fingerprint density at radius 3 is 1.19 bits per heavy atom. The molecule has 0 unspecified atom stereocenters. The lowest BCUT2D eigenvalue weighted by molar-refractivity contribution is 0.128. The summed E-state index contributed by atoms with van der Waals surface area (Å²) in [4.78, 5) is 0. The minimum absolute atomic E-state index is 0.195. The molecular weight excluding hydrogens is 208 g/mol. The number of unbranched alkanes of at least 4 members (excludes halogenated alkanes) is 1. The fourth-order valence-corrected chi connectivity index (χ4v) is 1.01. The third kappa shape index (κ3) is 7.59. The number of rotatable bonds is 3. The van der Waals surface area contributed by atoms with Gasteiger partial charge in [0.2, 0.25) is 0 Å². The normalized spacial score (nSPS) is 32.1. The van der Waals surface area contributed by atoms with Crippen molar-refractivity contribution in [1.29, 1.82) is 0 Å². The molecule has 16 heavy (non-hydrogen) atoms. The van der Waals surface area contributed by atoms with Crippen LogP contribution in [-0.2, 0) is 0 Å². The molecule has 94 valence electrons. The molecule has 4 heteroatoms. The molecule has 0 spiro atoms. The van der Waals surface area contributed by atoms with Gasteiger partial charge in [0.15, 0.2) is 0 Å². The van der Waals surface area contributed by atoms with Crippen molar-refractivity contribution in [2.45, 2.75) is 37.9 Å². The monoisotopic (exact) mass is 230 g/mol. The second-order valence-corrected chi connectivity index (χ2v) is 4.27. The van der Waals surface area contributed by atoms with Gasteiger partial charge in [-0.15, -0.1) is 0 Å². The van der Waals surface area contributed by atoms with E-state index < -0.39 is 11.2 Å². The Bertz CT molecular complexity index is 199. The molecule has 0 aromatic rings. The number of hydrogen-bond donors (Lipinski definition) is 4. The maximum Gasteiger partial charge on any atom is 0.0982 e. The van der Waals surface area contributed by atoms with Crippen molar-refractivity contribution in [3.8, 4) is 0 Å². The van der Waals surface area contributed by atoms with Crippen molar-refractivity contribution in [3.05, 3.63) is 24.3 Å². The summed E-state index contributed by atoms with van der Waals surface area (Å²) in [7, 11) is 0. The molecule has 1 rings (SSSR count). The van der Waals surface area contributed by atoms with E-state index in [9.17, 15) is 10.2 Å². The number of aliphatic hydroxyl groups is 4. The van der Waals surface area contributed by atoms with Crippen LogP contribution in [0.2, 0.25) is 0 Å². The molecule has 0 aromatic heterocycles. The van der Waals surface area contributed by atoms with Crippen LogP contribution in [0.4, 0.5) is 0 Å². The lowest BCUT2D eigenvalue weighted by Gasteiger charge is -2.24. The zero-order valence-corrected chi connectivity index (χ0v) is 9.93. The molecule has 1 aliphatic carbocycles. The highest BCUT2D eigenvalue weighted by Gasteiger charge is 2.22. The first-order chi connectivity index (χ1) is 7.33. The topological polar surface area (TPSA) is 80.9 Å². The van der Waals surface area contributed by atoms with Crippen LogP contribution in [0.15, 0.2) is 24.3 Å². The molecule has 0 atom stereocenters. The summed E-state index contributed by atoms with van der Waals surface area (Å²) < 4.78 is 0. The fourth-order valence-electron chi connectivity index (χ4n) is 1.01. The Balaban J connectivity index is 0.000000325. The summed E-state index contributed by atoms with van der Waals surface area (Å²) >= 11 is 0. The Labute approximate surface area is 96.6 Å². The van der Waals surface area contributed by atoms with E-state index in [1.54, 1.807) is 38.2 Å². The summed E-state index contributed by atoms with van der Waals surface area (Å²) in [5, 5.41) is 34.8. The van der Waals surface area contributed by atoms with E-state index in [-0.39, 0.29) is 13.2 Å². The molecule has 0 heterocycles. The molecule has 1 aliphatic rings. The Kier molecular flexibility index (Phi) is 6.52. The smallest absolute Gasteiger partial charge is 0.0982 e.